The Balaban J connectivity index is 0.000000125. The van der Waals surface area contributed by atoms with Gasteiger partial charge in [-0.15, -0.1) is 0 Å². The third kappa shape index (κ3) is 23.3. The van der Waals surface area contributed by atoms with Crippen molar-refractivity contribution in [2.75, 3.05) is 131 Å². The van der Waals surface area contributed by atoms with Gasteiger partial charge in [-0.25, -0.2) is 19.3 Å². The van der Waals surface area contributed by atoms with E-state index in [-0.39, 0.29) is 0 Å². The van der Waals surface area contributed by atoms with E-state index in [0.717, 1.165) is 186 Å². The van der Waals surface area contributed by atoms with Crippen molar-refractivity contribution in [3.63, 3.8) is 0 Å². The van der Waals surface area contributed by atoms with E-state index in [0.29, 0.717) is 30.8 Å². The third-order valence-electron chi connectivity index (χ3n) is 23.3. The number of piperidine rings is 2. The predicted molar refractivity (Wildman–Crippen MR) is 486 cm³/mol. The van der Waals surface area contributed by atoms with Gasteiger partial charge in [-0.3, -0.25) is 9.80 Å². The van der Waals surface area contributed by atoms with Crippen LogP contribution < -0.4 is 39.8 Å². The molecule has 0 unspecified atom stereocenters. The summed E-state index contributed by atoms with van der Waals surface area (Å²) < 4.78 is 34.8. The number of fused-ring (bicyclic) bond motifs is 3. The van der Waals surface area contributed by atoms with Gasteiger partial charge in [0.2, 0.25) is 0 Å². The summed E-state index contributed by atoms with van der Waals surface area (Å²) in [5.74, 6) is 6.24. The van der Waals surface area contributed by atoms with E-state index in [1.54, 1.807) is 14.2 Å². The number of aromatic nitrogens is 7. The van der Waals surface area contributed by atoms with Gasteiger partial charge in [-0.05, 0) is 231 Å². The van der Waals surface area contributed by atoms with Crippen molar-refractivity contribution in [1.29, 1.82) is 0 Å². The molecule has 0 bridgehead atoms. The highest BCUT2D eigenvalue weighted by Gasteiger charge is 2.26. The zero-order valence-corrected chi connectivity index (χ0v) is 71.1. The molecular formula is C99H118ClN15O5. The van der Waals surface area contributed by atoms with Gasteiger partial charge in [-0.1, -0.05) is 141 Å². The Bertz CT molecular complexity index is 5220. The highest BCUT2D eigenvalue weighted by Crippen LogP contribution is 2.39. The molecule has 0 atom stereocenters. The Morgan fingerprint density at radius 2 is 1.07 bits per heavy atom. The Morgan fingerprint density at radius 1 is 0.492 bits per heavy atom. The van der Waals surface area contributed by atoms with Crippen LogP contribution in [0.25, 0.3) is 73.0 Å². The molecule has 5 aromatic heterocycles. The van der Waals surface area contributed by atoms with Gasteiger partial charge in [0.15, 0.2) is 34.6 Å². The largest absolute Gasteiger partial charge is 0.493 e. The summed E-state index contributed by atoms with van der Waals surface area (Å²) in [5, 5.41) is 23.7. The lowest BCUT2D eigenvalue weighted by atomic mass is 10.0. The van der Waals surface area contributed by atoms with E-state index < -0.39 is 0 Å². The van der Waals surface area contributed by atoms with E-state index in [9.17, 15) is 0 Å². The van der Waals surface area contributed by atoms with Crippen LogP contribution >= 0.6 is 11.6 Å². The minimum atomic E-state index is 0.583. The number of hydrogen-bond acceptors (Lipinski definition) is 17. The van der Waals surface area contributed by atoms with Crippen LogP contribution in [0, 0.1) is 5.92 Å². The standard InChI is InChI=1S/C26H33N5O2.C26H30N4O.C24H29N3O2.C23H26ClN3/c1-32-23-18-21-22(19-24(23)33-2)27-25(20-8-4-3-5-9-20)28-26(21)31-16-14-30(15-17-31)13-12-29-10-6-7-11-29;1-3-11-23(12-4-1)30-20-22(19-27-14-9-17-29-15-7-2-8-16-29)26(28-30)25-18-21-10-5-6-13-24(21)31-25;1-18(2)7-6-12-25-16-20-17-27(21-8-4-3-5-9-21)26-24(20)19-10-11-22-23(15-19)29-14-13-28-22;24-21-7-3-20(4-8-21)18-26-15-11-22(12-16-26)25-17-19-5-9-23(10-6-19)27-13-1-2-14-27/h3-5,8-9,18-19H,6-7,10-17H2,1-2H3;1,3-6,10-13,18,20,27H,2,7-9,14-17,19H2;3-5,8-11,15,17-18,25H,6-7,12-14,16H2,1-2H3;1-10,13-14,22,25H,11-12,15-18H2. The molecule has 0 aliphatic carbocycles. The average Bonchev–Trinajstić information content (AvgIpc) is 0.959. The SMILES string of the molecule is CC(C)CCCNCc1cn(-c2ccccc2)nc1-c1ccc2c(c1)OCCO2.COc1cc2nc(-c3ccccc3)nc(N3CCN(CCN4CCCC4)CC3)c2cc1OC.Clc1ccc(CN2CCC(NCc3ccc(-n4cccc4)cc3)CC2)cc1.c1ccc(-n2cc(CNCCCN3CCCCC3)c(-c3cc4ccccc4o3)n2)cc1. The lowest BCUT2D eigenvalue weighted by molar-refractivity contribution is 0.171. The van der Waals surface area contributed by atoms with E-state index in [4.69, 9.17) is 55.1 Å². The van der Waals surface area contributed by atoms with Gasteiger partial charge in [0.25, 0.3) is 0 Å². The van der Waals surface area contributed by atoms with Gasteiger partial charge < -0.3 is 58.6 Å². The first-order valence-electron chi connectivity index (χ1n) is 43.5. The summed E-state index contributed by atoms with van der Waals surface area (Å²) >= 11 is 5.97. The quantitative estimate of drug-likeness (QED) is 0.0378. The van der Waals surface area contributed by atoms with Gasteiger partial charge in [0.05, 0.1) is 36.8 Å². The Kier molecular flexibility index (Phi) is 30.3. The van der Waals surface area contributed by atoms with Gasteiger partial charge in [0, 0.05) is 146 Å². The summed E-state index contributed by atoms with van der Waals surface area (Å²) in [7, 11) is 3.33. The monoisotopic (exact) mass is 1630 g/mol. The zero-order chi connectivity index (χ0) is 82.0. The molecule has 10 heterocycles. The smallest absolute Gasteiger partial charge is 0.162 e. The van der Waals surface area contributed by atoms with E-state index >= 15 is 0 Å². The van der Waals surface area contributed by atoms with Gasteiger partial charge in [0.1, 0.15) is 30.3 Å². The number of benzene rings is 8. The molecule has 4 fully saturated rings. The molecule has 21 heteroatoms. The maximum Gasteiger partial charge on any atom is 0.162 e. The number of para-hydroxylation sites is 3. The van der Waals surface area contributed by atoms with E-state index in [2.05, 4.69) is 187 Å². The molecule has 626 valence electrons. The van der Waals surface area contributed by atoms with Crippen molar-refractivity contribution in [2.24, 2.45) is 5.92 Å². The molecule has 3 N–H and O–H groups in total. The number of ether oxygens (including phenoxy) is 4. The van der Waals surface area contributed by atoms with Crippen molar-refractivity contribution < 1.29 is 23.4 Å². The molecule has 5 aliphatic rings. The number of hydrogen-bond donors (Lipinski definition) is 3. The second-order valence-corrected chi connectivity index (χ2v) is 32.8. The van der Waals surface area contributed by atoms with Crippen LogP contribution in [0.15, 0.2) is 242 Å². The normalized spacial score (nSPS) is 15.4. The summed E-state index contributed by atoms with van der Waals surface area (Å²) in [6, 6.07) is 72.6. The maximum atomic E-state index is 6.14. The average molecular weight is 1630 g/mol. The lowest BCUT2D eigenvalue weighted by Crippen LogP contribution is -2.48. The van der Waals surface area contributed by atoms with Crippen LogP contribution in [-0.4, -0.2) is 185 Å². The fraction of sp³-hybridized carbons (Fsp3) is 0.374. The highest BCUT2D eigenvalue weighted by atomic mass is 35.5. The third-order valence-corrected chi connectivity index (χ3v) is 23.5. The van der Waals surface area contributed by atoms with Crippen LogP contribution in [0.2, 0.25) is 5.02 Å². The second-order valence-electron chi connectivity index (χ2n) is 32.4. The topological polar surface area (TPSA) is 169 Å². The maximum absolute atomic E-state index is 6.14. The number of anilines is 1. The van der Waals surface area contributed by atoms with Crippen molar-refractivity contribution in [2.45, 2.75) is 110 Å². The second kappa shape index (κ2) is 43.0. The van der Waals surface area contributed by atoms with Crippen LogP contribution in [-0.2, 0) is 26.2 Å². The summed E-state index contributed by atoms with van der Waals surface area (Å²) in [5.41, 5.74) is 14.0. The molecule has 4 saturated heterocycles. The molecule has 0 spiro atoms. The Labute approximate surface area is 713 Å². The lowest BCUT2D eigenvalue weighted by Gasteiger charge is -2.36. The first-order chi connectivity index (χ1) is 59.1. The number of methoxy groups -OCH3 is 2. The molecule has 120 heavy (non-hydrogen) atoms. The van der Waals surface area contributed by atoms with Gasteiger partial charge in [-0.2, -0.15) is 10.2 Å². The molecule has 13 aromatic rings. The van der Waals surface area contributed by atoms with Crippen LogP contribution in [0.1, 0.15) is 100 Å². The number of likely N-dealkylation sites (tertiary alicyclic amines) is 3. The van der Waals surface area contributed by atoms with E-state index in [1.807, 2.05) is 119 Å². The number of nitrogens with one attached hydrogen (secondary N) is 3. The van der Waals surface area contributed by atoms with Crippen LogP contribution in [0.3, 0.4) is 0 Å². The molecule has 18 rings (SSSR count). The fourth-order valence-corrected chi connectivity index (χ4v) is 16.6. The number of piperazine rings is 1. The number of rotatable bonds is 29. The number of halogens is 1. The molecule has 5 aliphatic heterocycles. The molecule has 0 radical (unpaired) electrons. The molecule has 0 saturated carbocycles. The Hall–Kier alpha value is -10.7. The van der Waals surface area contributed by atoms with Crippen LogP contribution in [0.5, 0.6) is 23.0 Å². The number of nitrogens with zero attached hydrogens (tertiary/aromatic N) is 12. The molecule has 8 aromatic carbocycles. The van der Waals surface area contributed by atoms with Gasteiger partial charge >= 0.3 is 0 Å². The Morgan fingerprint density at radius 3 is 1.73 bits per heavy atom. The predicted octanol–water partition coefficient (Wildman–Crippen LogP) is 18.5. The number of furan rings is 1. The summed E-state index contributed by atoms with van der Waals surface area (Å²) in [6.45, 7) is 26.1. The highest BCUT2D eigenvalue weighted by molar-refractivity contribution is 6.30. The first kappa shape index (κ1) is 84.4. The van der Waals surface area contributed by atoms with Crippen molar-refractivity contribution in [1.82, 2.24) is 69.6 Å². The van der Waals surface area contributed by atoms with Crippen molar-refractivity contribution >= 4 is 39.3 Å². The molecular weight excluding hydrogens is 1510 g/mol. The molecule has 20 nitrogen and oxygen atoms in total. The summed E-state index contributed by atoms with van der Waals surface area (Å²) in [6.07, 6.45) is 21.2. The fourth-order valence-electron chi connectivity index (χ4n) is 16.5. The summed E-state index contributed by atoms with van der Waals surface area (Å²) in [4.78, 5) is 22.6. The van der Waals surface area contributed by atoms with E-state index in [1.165, 1.54) is 126 Å². The minimum Gasteiger partial charge on any atom is -0.493 e. The first-order valence-corrected chi connectivity index (χ1v) is 43.9. The zero-order valence-electron chi connectivity index (χ0n) is 70.4. The molecule has 0 amide bonds. The minimum absolute atomic E-state index is 0.583. The van der Waals surface area contributed by atoms with Crippen molar-refractivity contribution in [3.05, 3.63) is 264 Å². The van der Waals surface area contributed by atoms with Crippen molar-refractivity contribution in [3.8, 4) is 74.2 Å². The van der Waals surface area contributed by atoms with Crippen LogP contribution in [0.4, 0.5) is 5.82 Å².